The summed E-state index contributed by atoms with van der Waals surface area (Å²) >= 11 is 1.60. The van der Waals surface area contributed by atoms with Crippen molar-refractivity contribution in [3.8, 4) is 5.75 Å². The molecule has 1 saturated heterocycles. The molecule has 0 unspecified atom stereocenters. The summed E-state index contributed by atoms with van der Waals surface area (Å²) < 4.78 is 6.02. The van der Waals surface area contributed by atoms with Gasteiger partial charge in [0.25, 0.3) is 0 Å². The van der Waals surface area contributed by atoms with Crippen LogP contribution in [0.5, 0.6) is 5.75 Å². The average Bonchev–Trinajstić information content (AvgIpc) is 3.50. The molecule has 0 spiro atoms. The Balaban J connectivity index is 1.38. The molecule has 6 heteroatoms. The molecule has 0 radical (unpaired) electrons. The van der Waals surface area contributed by atoms with Crippen LogP contribution in [0.15, 0.2) is 53.9 Å². The number of aryl methyl sites for hydroxylation is 1. The van der Waals surface area contributed by atoms with E-state index in [1.165, 1.54) is 18.4 Å². The van der Waals surface area contributed by atoms with Gasteiger partial charge in [-0.25, -0.2) is 4.98 Å². The van der Waals surface area contributed by atoms with Crippen molar-refractivity contribution in [1.29, 1.82) is 0 Å². The number of thiazole rings is 1. The molecule has 1 aliphatic heterocycles. The Kier molecular flexibility index (Phi) is 8.13. The average molecular weight is 464 g/mol. The zero-order chi connectivity index (χ0) is 23.0. The predicted octanol–water partition coefficient (Wildman–Crippen LogP) is 5.01. The number of likely N-dealkylation sites (tertiary alicyclic amines) is 1. The molecular formula is C27H33N3O2S. The summed E-state index contributed by atoms with van der Waals surface area (Å²) in [5.41, 5.74) is 4.36. The van der Waals surface area contributed by atoms with Crippen LogP contribution in [0, 0.1) is 13.8 Å². The van der Waals surface area contributed by atoms with Gasteiger partial charge in [0.1, 0.15) is 17.4 Å². The van der Waals surface area contributed by atoms with E-state index in [-0.39, 0.29) is 5.91 Å². The second-order valence-corrected chi connectivity index (χ2v) is 9.69. The second-order valence-electron chi connectivity index (χ2n) is 8.75. The molecule has 3 aromatic rings. The monoisotopic (exact) mass is 463 g/mol. The Labute approximate surface area is 201 Å². The molecule has 2 aromatic carbocycles. The molecule has 33 heavy (non-hydrogen) atoms. The fraction of sp³-hybridized carbons (Fsp3) is 0.407. The number of aromatic nitrogens is 1. The number of carbonyl (C=O) groups excluding carboxylic acids is 1. The Morgan fingerprint density at radius 1 is 1.09 bits per heavy atom. The first kappa shape index (κ1) is 23.5. The fourth-order valence-electron chi connectivity index (χ4n) is 4.15. The van der Waals surface area contributed by atoms with Crippen molar-refractivity contribution < 1.29 is 9.53 Å². The molecule has 1 fully saturated rings. The van der Waals surface area contributed by atoms with Crippen molar-refractivity contribution in [2.24, 2.45) is 0 Å². The number of benzene rings is 2. The van der Waals surface area contributed by atoms with E-state index < -0.39 is 0 Å². The predicted molar refractivity (Wildman–Crippen MR) is 134 cm³/mol. The van der Waals surface area contributed by atoms with Crippen LogP contribution < -0.4 is 4.74 Å². The van der Waals surface area contributed by atoms with Gasteiger partial charge in [0, 0.05) is 18.5 Å². The largest absolute Gasteiger partial charge is 0.486 e. The van der Waals surface area contributed by atoms with Crippen LogP contribution in [0.25, 0.3) is 0 Å². The molecule has 0 N–H and O–H groups in total. The van der Waals surface area contributed by atoms with E-state index in [4.69, 9.17) is 9.72 Å². The number of nitrogens with zero attached hydrogens (tertiary/aromatic N) is 3. The van der Waals surface area contributed by atoms with Gasteiger partial charge in [-0.05, 0) is 62.5 Å². The number of carbonyl (C=O) groups is 1. The van der Waals surface area contributed by atoms with Crippen molar-refractivity contribution in [2.45, 2.75) is 46.3 Å². The summed E-state index contributed by atoms with van der Waals surface area (Å²) in [7, 11) is 0. The van der Waals surface area contributed by atoms with E-state index in [1.807, 2.05) is 47.4 Å². The molecule has 1 aliphatic rings. The molecule has 1 aromatic heterocycles. The van der Waals surface area contributed by atoms with Gasteiger partial charge in [-0.1, -0.05) is 42.5 Å². The molecule has 0 aliphatic carbocycles. The molecule has 0 saturated carbocycles. The lowest BCUT2D eigenvalue weighted by Crippen LogP contribution is -2.38. The highest BCUT2D eigenvalue weighted by Gasteiger charge is 2.19. The third-order valence-electron chi connectivity index (χ3n) is 6.29. The van der Waals surface area contributed by atoms with Crippen LogP contribution in [-0.4, -0.2) is 46.9 Å². The van der Waals surface area contributed by atoms with Crippen LogP contribution in [0.2, 0.25) is 0 Å². The molecule has 174 valence electrons. The summed E-state index contributed by atoms with van der Waals surface area (Å²) in [6.07, 6.45) is 2.94. The van der Waals surface area contributed by atoms with E-state index in [1.54, 1.807) is 11.3 Å². The number of hydrogen-bond acceptors (Lipinski definition) is 5. The minimum Gasteiger partial charge on any atom is -0.486 e. The fourth-order valence-corrected chi connectivity index (χ4v) is 4.84. The van der Waals surface area contributed by atoms with E-state index in [2.05, 4.69) is 30.2 Å². The molecule has 2 heterocycles. The lowest BCUT2D eigenvalue weighted by atomic mass is 10.1. The maximum atomic E-state index is 13.2. The van der Waals surface area contributed by atoms with Crippen LogP contribution in [0.3, 0.4) is 0 Å². The van der Waals surface area contributed by atoms with Crippen molar-refractivity contribution in [3.05, 3.63) is 81.3 Å². The molecule has 4 rings (SSSR count). The van der Waals surface area contributed by atoms with Gasteiger partial charge in [0.2, 0.25) is 5.91 Å². The van der Waals surface area contributed by atoms with E-state index in [9.17, 15) is 4.79 Å². The normalized spacial score (nSPS) is 13.9. The molecule has 0 bridgehead atoms. The van der Waals surface area contributed by atoms with E-state index >= 15 is 0 Å². The SMILES string of the molecule is Cc1cccc(OCc2nc(CN(CCN3CCCC3)C(=O)Cc3ccccc3)cs2)c1C. The van der Waals surface area contributed by atoms with Crippen molar-refractivity contribution >= 4 is 17.2 Å². The van der Waals surface area contributed by atoms with Crippen molar-refractivity contribution in [2.75, 3.05) is 26.2 Å². The van der Waals surface area contributed by atoms with Crippen LogP contribution in [0.1, 0.15) is 40.2 Å². The van der Waals surface area contributed by atoms with Crippen molar-refractivity contribution in [1.82, 2.24) is 14.8 Å². The quantitative estimate of drug-likeness (QED) is 0.424. The van der Waals surface area contributed by atoms with E-state index in [0.717, 1.165) is 53.8 Å². The zero-order valence-corrected chi connectivity index (χ0v) is 20.4. The van der Waals surface area contributed by atoms with Gasteiger partial charge in [-0.2, -0.15) is 0 Å². The number of amides is 1. The maximum Gasteiger partial charge on any atom is 0.227 e. The standard InChI is InChI=1S/C27H33N3O2S/c1-21-9-8-12-25(22(21)2)32-19-26-28-24(20-33-26)18-30(16-15-29-13-6-7-14-29)27(31)17-23-10-4-3-5-11-23/h3-5,8-12,20H,6-7,13-19H2,1-2H3. The lowest BCUT2D eigenvalue weighted by Gasteiger charge is -2.25. The molecule has 5 nitrogen and oxygen atoms in total. The van der Waals surface area contributed by atoms with Gasteiger partial charge >= 0.3 is 0 Å². The summed E-state index contributed by atoms with van der Waals surface area (Å²) in [5, 5.41) is 2.99. The third-order valence-corrected chi connectivity index (χ3v) is 7.17. The van der Waals surface area contributed by atoms with Gasteiger partial charge in [-0.15, -0.1) is 11.3 Å². The minimum absolute atomic E-state index is 0.154. The highest BCUT2D eigenvalue weighted by molar-refractivity contribution is 7.09. The van der Waals surface area contributed by atoms with Crippen LogP contribution in [0.4, 0.5) is 0 Å². The number of ether oxygens (including phenoxy) is 1. The maximum absolute atomic E-state index is 13.2. The van der Waals surface area contributed by atoms with Crippen molar-refractivity contribution in [3.63, 3.8) is 0 Å². The van der Waals surface area contributed by atoms with Gasteiger partial charge in [0.05, 0.1) is 18.7 Å². The Morgan fingerprint density at radius 2 is 1.88 bits per heavy atom. The van der Waals surface area contributed by atoms with Crippen LogP contribution >= 0.6 is 11.3 Å². The lowest BCUT2D eigenvalue weighted by molar-refractivity contribution is -0.131. The highest BCUT2D eigenvalue weighted by Crippen LogP contribution is 2.23. The topological polar surface area (TPSA) is 45.7 Å². The Bertz CT molecular complexity index is 1040. The summed E-state index contributed by atoms with van der Waals surface area (Å²) in [6.45, 7) is 9.08. The molecule has 0 atom stereocenters. The Morgan fingerprint density at radius 3 is 2.67 bits per heavy atom. The highest BCUT2D eigenvalue weighted by atomic mass is 32.1. The first-order chi connectivity index (χ1) is 16.1. The first-order valence-electron chi connectivity index (χ1n) is 11.7. The molecule has 1 amide bonds. The number of rotatable bonds is 10. The summed E-state index contributed by atoms with van der Waals surface area (Å²) in [4.78, 5) is 22.4. The summed E-state index contributed by atoms with van der Waals surface area (Å²) in [6, 6.07) is 16.1. The molecular weight excluding hydrogens is 430 g/mol. The third kappa shape index (κ3) is 6.65. The smallest absolute Gasteiger partial charge is 0.227 e. The summed E-state index contributed by atoms with van der Waals surface area (Å²) in [5.74, 6) is 1.05. The minimum atomic E-state index is 0.154. The van der Waals surface area contributed by atoms with Gasteiger partial charge < -0.3 is 14.5 Å². The Hall–Kier alpha value is -2.70. The van der Waals surface area contributed by atoms with Crippen LogP contribution in [-0.2, 0) is 24.4 Å². The first-order valence-corrected chi connectivity index (χ1v) is 12.6. The number of hydrogen-bond donors (Lipinski definition) is 0. The van der Waals surface area contributed by atoms with Gasteiger partial charge in [-0.3, -0.25) is 4.79 Å². The second kappa shape index (κ2) is 11.4. The van der Waals surface area contributed by atoms with Gasteiger partial charge in [0.15, 0.2) is 0 Å². The zero-order valence-electron chi connectivity index (χ0n) is 19.6. The van der Waals surface area contributed by atoms with E-state index in [0.29, 0.717) is 19.6 Å².